The summed E-state index contributed by atoms with van der Waals surface area (Å²) in [6.07, 6.45) is 1.76. The molecule has 2 aliphatic heterocycles. The molecule has 0 radical (unpaired) electrons. The fourth-order valence-corrected chi connectivity index (χ4v) is 3.15. The first kappa shape index (κ1) is 13.6. The minimum atomic E-state index is 0.230. The van der Waals surface area contributed by atoms with Crippen LogP contribution in [-0.4, -0.2) is 61.1 Å². The molecule has 0 aliphatic carbocycles. The summed E-state index contributed by atoms with van der Waals surface area (Å²) in [5.74, 6) is 0.230. The Morgan fingerprint density at radius 1 is 1.30 bits per heavy atom. The molecule has 2 atom stereocenters. The zero-order chi connectivity index (χ0) is 13.9. The van der Waals surface area contributed by atoms with Crippen molar-refractivity contribution in [1.29, 1.82) is 0 Å². The predicted molar refractivity (Wildman–Crippen MR) is 77.5 cm³/mol. The third-order valence-electron chi connectivity index (χ3n) is 4.41. The number of hydrogen-bond donors (Lipinski definition) is 0. The molecule has 2 heterocycles. The maximum Gasteiger partial charge on any atom is 0.227 e. The van der Waals surface area contributed by atoms with Gasteiger partial charge in [0, 0.05) is 19.6 Å². The fourth-order valence-electron chi connectivity index (χ4n) is 3.15. The molecule has 0 saturated carbocycles. The van der Waals surface area contributed by atoms with Gasteiger partial charge in [0.15, 0.2) is 0 Å². The Labute approximate surface area is 120 Å². The lowest BCUT2D eigenvalue weighted by molar-refractivity contribution is -0.140. The highest BCUT2D eigenvalue weighted by molar-refractivity contribution is 5.79. The van der Waals surface area contributed by atoms with E-state index in [4.69, 9.17) is 4.74 Å². The van der Waals surface area contributed by atoms with Gasteiger partial charge < -0.3 is 9.64 Å². The van der Waals surface area contributed by atoms with Crippen LogP contribution in [0.1, 0.15) is 12.0 Å². The molecule has 0 aromatic heterocycles. The van der Waals surface area contributed by atoms with Crippen LogP contribution in [0.3, 0.4) is 0 Å². The molecule has 2 fully saturated rings. The van der Waals surface area contributed by atoms with Crippen molar-refractivity contribution >= 4 is 5.91 Å². The lowest BCUT2D eigenvalue weighted by Crippen LogP contribution is -2.59. The molecule has 3 rings (SSSR count). The number of rotatable bonds is 2. The molecule has 20 heavy (non-hydrogen) atoms. The average molecular weight is 274 g/mol. The number of benzene rings is 1. The van der Waals surface area contributed by atoms with Crippen LogP contribution in [0.15, 0.2) is 30.3 Å². The van der Waals surface area contributed by atoms with Crippen molar-refractivity contribution in [1.82, 2.24) is 9.80 Å². The van der Waals surface area contributed by atoms with E-state index in [1.54, 1.807) is 0 Å². The summed E-state index contributed by atoms with van der Waals surface area (Å²) in [5.41, 5.74) is 1.09. The molecular weight excluding hydrogens is 252 g/mol. The normalized spacial score (nSPS) is 27.1. The first-order valence-electron chi connectivity index (χ1n) is 7.37. The quantitative estimate of drug-likeness (QED) is 0.811. The maximum absolute atomic E-state index is 12.4. The summed E-state index contributed by atoms with van der Waals surface area (Å²) >= 11 is 0. The average Bonchev–Trinajstić information content (AvgIpc) is 2.48. The van der Waals surface area contributed by atoms with E-state index in [-0.39, 0.29) is 5.91 Å². The molecule has 1 aromatic carbocycles. The zero-order valence-electron chi connectivity index (χ0n) is 12.0. The molecule has 0 bridgehead atoms. The second-order valence-electron chi connectivity index (χ2n) is 5.75. The number of fused-ring (bicyclic) bond motifs is 1. The summed E-state index contributed by atoms with van der Waals surface area (Å²) in [6, 6.07) is 10.3. The SMILES string of the molecule is CN1CCO[C@H]2CCN(C(=O)Cc3ccccc3)C[C@@H]21. The highest BCUT2D eigenvalue weighted by Gasteiger charge is 2.36. The molecule has 1 amide bonds. The van der Waals surface area contributed by atoms with Gasteiger partial charge in [-0.3, -0.25) is 9.69 Å². The Bertz CT molecular complexity index is 463. The molecule has 108 valence electrons. The van der Waals surface area contributed by atoms with Gasteiger partial charge in [0.1, 0.15) is 0 Å². The fraction of sp³-hybridized carbons (Fsp3) is 0.562. The Hall–Kier alpha value is -1.39. The number of ether oxygens (including phenoxy) is 1. The van der Waals surface area contributed by atoms with Gasteiger partial charge in [0.2, 0.25) is 5.91 Å². The molecule has 0 unspecified atom stereocenters. The van der Waals surface area contributed by atoms with Crippen LogP contribution in [0.4, 0.5) is 0 Å². The van der Waals surface area contributed by atoms with E-state index in [2.05, 4.69) is 11.9 Å². The highest BCUT2D eigenvalue weighted by Crippen LogP contribution is 2.22. The first-order valence-corrected chi connectivity index (χ1v) is 7.37. The largest absolute Gasteiger partial charge is 0.375 e. The monoisotopic (exact) mass is 274 g/mol. The van der Waals surface area contributed by atoms with E-state index in [0.717, 1.165) is 38.2 Å². The number of likely N-dealkylation sites (tertiary alicyclic amines) is 1. The summed E-state index contributed by atoms with van der Waals surface area (Å²) in [7, 11) is 2.13. The van der Waals surface area contributed by atoms with Crippen LogP contribution >= 0.6 is 0 Å². The van der Waals surface area contributed by atoms with Gasteiger partial charge in [-0.15, -0.1) is 0 Å². The van der Waals surface area contributed by atoms with Crippen molar-refractivity contribution in [2.45, 2.75) is 25.0 Å². The standard InChI is InChI=1S/C16H22N2O2/c1-17-9-10-20-15-7-8-18(12-14(15)17)16(19)11-13-5-3-2-4-6-13/h2-6,14-15H,7-12H2,1H3/t14-,15-/m0/s1. The van der Waals surface area contributed by atoms with Crippen LogP contribution in [-0.2, 0) is 16.0 Å². The lowest BCUT2D eigenvalue weighted by Gasteiger charge is -2.45. The van der Waals surface area contributed by atoms with Crippen LogP contribution < -0.4 is 0 Å². The van der Waals surface area contributed by atoms with Crippen molar-refractivity contribution < 1.29 is 9.53 Å². The zero-order valence-corrected chi connectivity index (χ0v) is 12.0. The molecular formula is C16H22N2O2. The summed E-state index contributed by atoms with van der Waals surface area (Å²) in [4.78, 5) is 16.7. The van der Waals surface area contributed by atoms with Gasteiger partial charge >= 0.3 is 0 Å². The van der Waals surface area contributed by atoms with Gasteiger partial charge in [-0.25, -0.2) is 0 Å². The number of hydrogen-bond acceptors (Lipinski definition) is 3. The number of carbonyl (C=O) groups is 1. The summed E-state index contributed by atoms with van der Waals surface area (Å²) in [5, 5.41) is 0. The van der Waals surface area contributed by atoms with Crippen molar-refractivity contribution in [2.75, 3.05) is 33.3 Å². The molecule has 0 N–H and O–H groups in total. The number of morpholine rings is 1. The third kappa shape index (κ3) is 2.86. The second-order valence-corrected chi connectivity index (χ2v) is 5.75. The minimum absolute atomic E-state index is 0.230. The van der Waals surface area contributed by atoms with Crippen molar-refractivity contribution in [3.63, 3.8) is 0 Å². The van der Waals surface area contributed by atoms with Crippen molar-refractivity contribution in [3.05, 3.63) is 35.9 Å². The first-order chi connectivity index (χ1) is 9.74. The minimum Gasteiger partial charge on any atom is -0.375 e. The van der Waals surface area contributed by atoms with E-state index >= 15 is 0 Å². The van der Waals surface area contributed by atoms with Crippen molar-refractivity contribution in [2.24, 2.45) is 0 Å². The van der Waals surface area contributed by atoms with Gasteiger partial charge in [-0.05, 0) is 19.0 Å². The summed E-state index contributed by atoms with van der Waals surface area (Å²) in [6.45, 7) is 3.39. The van der Waals surface area contributed by atoms with E-state index in [0.29, 0.717) is 18.6 Å². The molecule has 2 aliphatic rings. The Kier molecular flexibility index (Phi) is 4.03. The van der Waals surface area contributed by atoms with Gasteiger partial charge in [-0.1, -0.05) is 30.3 Å². The van der Waals surface area contributed by atoms with E-state index < -0.39 is 0 Å². The third-order valence-corrected chi connectivity index (χ3v) is 4.41. The Morgan fingerprint density at radius 3 is 2.90 bits per heavy atom. The molecule has 1 aromatic rings. The van der Waals surface area contributed by atoms with E-state index in [1.807, 2.05) is 35.2 Å². The maximum atomic E-state index is 12.4. The lowest BCUT2D eigenvalue weighted by atomic mass is 9.98. The predicted octanol–water partition coefficient (Wildman–Crippen LogP) is 1.16. The molecule has 4 nitrogen and oxygen atoms in total. The topological polar surface area (TPSA) is 32.8 Å². The molecule has 0 spiro atoms. The van der Waals surface area contributed by atoms with Crippen LogP contribution in [0.2, 0.25) is 0 Å². The summed E-state index contributed by atoms with van der Waals surface area (Å²) < 4.78 is 5.82. The number of nitrogens with zero attached hydrogens (tertiary/aromatic N) is 2. The second kappa shape index (κ2) is 5.94. The smallest absolute Gasteiger partial charge is 0.227 e. The highest BCUT2D eigenvalue weighted by atomic mass is 16.5. The van der Waals surface area contributed by atoms with Gasteiger partial charge in [-0.2, -0.15) is 0 Å². The van der Waals surface area contributed by atoms with Gasteiger partial charge in [0.05, 0.1) is 25.2 Å². The van der Waals surface area contributed by atoms with Crippen LogP contribution in [0, 0.1) is 0 Å². The number of carbonyl (C=O) groups excluding carboxylic acids is 1. The number of amides is 1. The molecule has 4 heteroatoms. The Morgan fingerprint density at radius 2 is 2.10 bits per heavy atom. The Balaban J connectivity index is 1.62. The van der Waals surface area contributed by atoms with Crippen LogP contribution in [0.5, 0.6) is 0 Å². The number of likely N-dealkylation sites (N-methyl/N-ethyl adjacent to an activating group) is 1. The van der Waals surface area contributed by atoms with Crippen molar-refractivity contribution in [3.8, 4) is 0 Å². The van der Waals surface area contributed by atoms with E-state index in [1.165, 1.54) is 0 Å². The molecule has 2 saturated heterocycles. The van der Waals surface area contributed by atoms with Gasteiger partial charge in [0.25, 0.3) is 0 Å². The number of piperidine rings is 1. The van der Waals surface area contributed by atoms with Crippen LogP contribution in [0.25, 0.3) is 0 Å². The van der Waals surface area contributed by atoms with E-state index in [9.17, 15) is 4.79 Å².